The summed E-state index contributed by atoms with van der Waals surface area (Å²) < 4.78 is 5.98. The van der Waals surface area contributed by atoms with E-state index in [9.17, 15) is 4.79 Å². The Kier molecular flexibility index (Phi) is 3.98. The van der Waals surface area contributed by atoms with Crippen LogP contribution < -0.4 is 0 Å². The molecule has 0 aliphatic carbocycles. The Hall–Kier alpha value is -3.06. The van der Waals surface area contributed by atoms with Gasteiger partial charge in [-0.1, -0.05) is 18.2 Å². The van der Waals surface area contributed by atoms with Crippen LogP contribution in [0, 0.1) is 5.41 Å². The normalized spacial score (nSPS) is 21.0. The molecule has 7 heteroatoms. The highest BCUT2D eigenvalue weighted by atomic mass is 16.4. The summed E-state index contributed by atoms with van der Waals surface area (Å²) in [5, 5.41) is 8.53. The molecule has 4 heterocycles. The Balaban J connectivity index is 1.28. The number of nitrogens with zero attached hydrogens (tertiary/aromatic N) is 5. The number of rotatable bonds is 3. The number of hydrogen-bond donors (Lipinski definition) is 0. The number of carbonyl (C=O) groups is 1. The van der Waals surface area contributed by atoms with E-state index in [1.165, 1.54) is 0 Å². The van der Waals surface area contributed by atoms with Crippen molar-refractivity contribution >= 4 is 5.91 Å². The molecule has 0 saturated carbocycles. The summed E-state index contributed by atoms with van der Waals surface area (Å²) in [6, 6.07) is 13.5. The summed E-state index contributed by atoms with van der Waals surface area (Å²) in [7, 11) is 2.08. The van der Waals surface area contributed by atoms with Gasteiger partial charge >= 0.3 is 0 Å². The van der Waals surface area contributed by atoms with Gasteiger partial charge in [-0.15, -0.1) is 10.2 Å². The van der Waals surface area contributed by atoms with E-state index in [1.807, 2.05) is 41.3 Å². The second kappa shape index (κ2) is 6.53. The first-order chi connectivity index (χ1) is 13.6. The minimum Gasteiger partial charge on any atom is -0.419 e. The van der Waals surface area contributed by atoms with Gasteiger partial charge in [0.25, 0.3) is 5.91 Å². The van der Waals surface area contributed by atoms with E-state index in [0.29, 0.717) is 17.3 Å². The highest BCUT2D eigenvalue weighted by Crippen LogP contribution is 2.47. The van der Waals surface area contributed by atoms with Crippen molar-refractivity contribution in [3.05, 3.63) is 66.3 Å². The van der Waals surface area contributed by atoms with E-state index in [-0.39, 0.29) is 17.4 Å². The van der Waals surface area contributed by atoms with E-state index in [2.05, 4.69) is 27.1 Å². The molecule has 2 fully saturated rings. The quantitative estimate of drug-likeness (QED) is 0.701. The number of likely N-dealkylation sites (tertiary alicyclic amines) is 2. The largest absolute Gasteiger partial charge is 0.419 e. The average molecular weight is 375 g/mol. The zero-order valence-electron chi connectivity index (χ0n) is 15.7. The number of pyridine rings is 1. The van der Waals surface area contributed by atoms with Crippen molar-refractivity contribution in [3.8, 4) is 11.5 Å². The number of carbonyl (C=O) groups excluding carboxylic acids is 1. The number of aromatic nitrogens is 3. The van der Waals surface area contributed by atoms with Gasteiger partial charge in [-0.2, -0.15) is 0 Å². The first-order valence-electron chi connectivity index (χ1n) is 9.42. The molecule has 2 aliphatic rings. The van der Waals surface area contributed by atoms with Crippen molar-refractivity contribution < 1.29 is 9.21 Å². The zero-order chi connectivity index (χ0) is 19.1. The van der Waals surface area contributed by atoms with Crippen LogP contribution in [0.25, 0.3) is 11.5 Å². The molecule has 0 radical (unpaired) electrons. The predicted molar refractivity (Wildman–Crippen MR) is 102 cm³/mol. The van der Waals surface area contributed by atoms with Gasteiger partial charge in [-0.25, -0.2) is 0 Å². The van der Waals surface area contributed by atoms with Crippen LogP contribution in [-0.4, -0.2) is 57.6 Å². The SMILES string of the molecule is CN1CC2(CC1c1nnc(-c3ccccc3)o1)CN(C(=O)c1cccnc1)C2. The molecule has 2 saturated heterocycles. The Morgan fingerprint density at radius 3 is 2.68 bits per heavy atom. The number of hydrogen-bond acceptors (Lipinski definition) is 6. The summed E-state index contributed by atoms with van der Waals surface area (Å²) >= 11 is 0. The van der Waals surface area contributed by atoms with Gasteiger partial charge in [-0.3, -0.25) is 14.7 Å². The highest BCUT2D eigenvalue weighted by Gasteiger charge is 2.53. The van der Waals surface area contributed by atoms with Crippen molar-refractivity contribution in [3.63, 3.8) is 0 Å². The van der Waals surface area contributed by atoms with Crippen LogP contribution >= 0.6 is 0 Å². The third-order valence-electron chi connectivity index (χ3n) is 5.74. The fourth-order valence-electron chi connectivity index (χ4n) is 4.42. The molecule has 2 aliphatic heterocycles. The summed E-state index contributed by atoms with van der Waals surface area (Å²) in [4.78, 5) is 20.8. The maximum absolute atomic E-state index is 12.6. The smallest absolute Gasteiger partial charge is 0.255 e. The first-order valence-corrected chi connectivity index (χ1v) is 9.42. The molecule has 142 valence electrons. The second-order valence-corrected chi connectivity index (χ2v) is 7.85. The maximum Gasteiger partial charge on any atom is 0.255 e. The van der Waals surface area contributed by atoms with Crippen molar-refractivity contribution in [2.45, 2.75) is 12.5 Å². The monoisotopic (exact) mass is 375 g/mol. The van der Waals surface area contributed by atoms with Crippen LogP contribution in [0.3, 0.4) is 0 Å². The van der Waals surface area contributed by atoms with Crippen LogP contribution in [0.15, 0.2) is 59.3 Å². The third-order valence-corrected chi connectivity index (χ3v) is 5.74. The van der Waals surface area contributed by atoms with Gasteiger partial charge in [0.2, 0.25) is 11.8 Å². The van der Waals surface area contributed by atoms with Crippen LogP contribution in [0.5, 0.6) is 0 Å². The third kappa shape index (κ3) is 2.88. The lowest BCUT2D eigenvalue weighted by Gasteiger charge is -2.48. The van der Waals surface area contributed by atoms with Crippen LogP contribution in [-0.2, 0) is 0 Å². The first kappa shape index (κ1) is 17.1. The molecule has 1 spiro atoms. The van der Waals surface area contributed by atoms with Gasteiger partial charge in [0.1, 0.15) is 0 Å². The van der Waals surface area contributed by atoms with Crippen molar-refractivity contribution in [2.75, 3.05) is 26.7 Å². The van der Waals surface area contributed by atoms with E-state index < -0.39 is 0 Å². The van der Waals surface area contributed by atoms with Crippen LogP contribution in [0.4, 0.5) is 0 Å². The van der Waals surface area contributed by atoms with Crippen LogP contribution in [0.1, 0.15) is 28.7 Å². The molecular weight excluding hydrogens is 354 g/mol. The lowest BCUT2D eigenvalue weighted by Crippen LogP contribution is -2.59. The van der Waals surface area contributed by atoms with E-state index in [0.717, 1.165) is 31.6 Å². The molecule has 3 aromatic rings. The highest BCUT2D eigenvalue weighted by molar-refractivity contribution is 5.94. The van der Waals surface area contributed by atoms with Crippen molar-refractivity contribution in [2.24, 2.45) is 5.41 Å². The second-order valence-electron chi connectivity index (χ2n) is 7.85. The maximum atomic E-state index is 12.6. The van der Waals surface area contributed by atoms with Crippen LogP contribution in [0.2, 0.25) is 0 Å². The molecule has 5 rings (SSSR count). The minimum absolute atomic E-state index is 0.0500. The minimum atomic E-state index is 0.0500. The van der Waals surface area contributed by atoms with E-state index in [4.69, 9.17) is 4.42 Å². The molecule has 28 heavy (non-hydrogen) atoms. The van der Waals surface area contributed by atoms with E-state index in [1.54, 1.807) is 18.5 Å². The summed E-state index contributed by atoms with van der Waals surface area (Å²) in [5.41, 5.74) is 1.66. The summed E-state index contributed by atoms with van der Waals surface area (Å²) in [6.07, 6.45) is 4.22. The Bertz CT molecular complexity index is 982. The van der Waals surface area contributed by atoms with Gasteiger partial charge in [0.05, 0.1) is 11.6 Å². The lowest BCUT2D eigenvalue weighted by atomic mass is 9.77. The zero-order valence-corrected chi connectivity index (χ0v) is 15.7. The summed E-state index contributed by atoms with van der Waals surface area (Å²) in [5.74, 6) is 1.25. The van der Waals surface area contributed by atoms with Gasteiger partial charge < -0.3 is 9.32 Å². The topological polar surface area (TPSA) is 75.4 Å². The molecule has 1 amide bonds. The molecule has 1 atom stereocenters. The Morgan fingerprint density at radius 1 is 1.11 bits per heavy atom. The molecule has 7 nitrogen and oxygen atoms in total. The van der Waals surface area contributed by atoms with E-state index >= 15 is 0 Å². The molecular formula is C21H21N5O2. The summed E-state index contributed by atoms with van der Waals surface area (Å²) in [6.45, 7) is 2.42. The molecule has 1 aromatic carbocycles. The van der Waals surface area contributed by atoms with Crippen molar-refractivity contribution in [1.29, 1.82) is 0 Å². The average Bonchev–Trinajstić information content (AvgIpc) is 3.32. The van der Waals surface area contributed by atoms with Gasteiger partial charge in [-0.05, 0) is 37.7 Å². The fraction of sp³-hybridized carbons (Fsp3) is 0.333. The van der Waals surface area contributed by atoms with Gasteiger partial charge in [0.15, 0.2) is 0 Å². The molecule has 0 N–H and O–H groups in total. The Labute approximate surface area is 163 Å². The number of amides is 1. The standard InChI is InChI=1S/C21H21N5O2/c1-25-12-21(13-26(14-21)20(27)16-8-5-9-22-11-16)10-17(25)19-24-23-18(28-19)15-6-3-2-4-7-15/h2-9,11,17H,10,12-14H2,1H3. The van der Waals surface area contributed by atoms with Crippen molar-refractivity contribution in [1.82, 2.24) is 25.0 Å². The Morgan fingerprint density at radius 2 is 1.93 bits per heavy atom. The molecule has 2 aromatic heterocycles. The lowest BCUT2D eigenvalue weighted by molar-refractivity contribution is 0.0114. The number of benzene rings is 1. The van der Waals surface area contributed by atoms with Gasteiger partial charge in [0, 0.05) is 43.0 Å². The molecule has 0 bridgehead atoms. The molecule has 1 unspecified atom stereocenters. The predicted octanol–water partition coefficient (Wildman–Crippen LogP) is 2.65. The fourth-order valence-corrected chi connectivity index (χ4v) is 4.42.